The van der Waals surface area contributed by atoms with Gasteiger partial charge in [0.2, 0.25) is 0 Å². The van der Waals surface area contributed by atoms with Crippen LogP contribution in [0, 0.1) is 5.92 Å². The Morgan fingerprint density at radius 1 is 1.27 bits per heavy atom. The highest BCUT2D eigenvalue weighted by atomic mass is 16.5. The topological polar surface area (TPSA) is 58.1 Å². The second-order valence-corrected chi connectivity index (χ2v) is 5.74. The molecule has 6 heteroatoms. The van der Waals surface area contributed by atoms with Gasteiger partial charge in [-0.05, 0) is 38.3 Å². The fraction of sp³-hybridized carbons (Fsp3) is 0.938. The summed E-state index contributed by atoms with van der Waals surface area (Å²) in [4.78, 5) is 6.81. The van der Waals surface area contributed by atoms with Crippen LogP contribution in [0.3, 0.4) is 0 Å². The number of likely N-dealkylation sites (tertiary alicyclic amines) is 1. The Morgan fingerprint density at radius 3 is 2.86 bits per heavy atom. The van der Waals surface area contributed by atoms with Crippen molar-refractivity contribution in [1.82, 2.24) is 15.5 Å². The van der Waals surface area contributed by atoms with Gasteiger partial charge in [-0.2, -0.15) is 0 Å². The number of nitrogens with zero attached hydrogens (tertiary/aromatic N) is 2. The van der Waals surface area contributed by atoms with Crippen LogP contribution < -0.4 is 10.6 Å². The molecule has 0 radical (unpaired) electrons. The number of rotatable bonds is 10. The van der Waals surface area contributed by atoms with Gasteiger partial charge in [-0.25, -0.2) is 0 Å². The first kappa shape index (κ1) is 19.2. The zero-order valence-electron chi connectivity index (χ0n) is 14.6. The number of ether oxygens (including phenoxy) is 2. The Labute approximate surface area is 135 Å². The van der Waals surface area contributed by atoms with Crippen molar-refractivity contribution in [1.29, 1.82) is 0 Å². The fourth-order valence-electron chi connectivity index (χ4n) is 2.69. The van der Waals surface area contributed by atoms with Crippen LogP contribution in [0.15, 0.2) is 4.99 Å². The first-order valence-corrected chi connectivity index (χ1v) is 8.53. The van der Waals surface area contributed by atoms with E-state index in [0.29, 0.717) is 13.2 Å². The highest BCUT2D eigenvalue weighted by molar-refractivity contribution is 5.79. The molecule has 0 aromatic heterocycles. The molecule has 0 aliphatic carbocycles. The smallest absolute Gasteiger partial charge is 0.190 e. The van der Waals surface area contributed by atoms with Crippen LogP contribution in [-0.2, 0) is 9.47 Å². The van der Waals surface area contributed by atoms with E-state index in [1.54, 1.807) is 7.11 Å². The number of nitrogens with one attached hydrogen (secondary N) is 2. The second kappa shape index (κ2) is 12.7. The molecular formula is C16H34N4O2. The van der Waals surface area contributed by atoms with Crippen LogP contribution in [0.25, 0.3) is 0 Å². The molecule has 1 unspecified atom stereocenters. The lowest BCUT2D eigenvalue weighted by atomic mass is 9.98. The van der Waals surface area contributed by atoms with Crippen LogP contribution in [0.4, 0.5) is 0 Å². The molecule has 0 saturated carbocycles. The number of piperidine rings is 1. The van der Waals surface area contributed by atoms with E-state index < -0.39 is 0 Å². The third-order valence-corrected chi connectivity index (χ3v) is 4.02. The van der Waals surface area contributed by atoms with Gasteiger partial charge in [-0.1, -0.05) is 6.92 Å². The second-order valence-electron chi connectivity index (χ2n) is 5.74. The molecule has 6 nitrogen and oxygen atoms in total. The van der Waals surface area contributed by atoms with Gasteiger partial charge in [0.05, 0.1) is 13.2 Å². The minimum Gasteiger partial charge on any atom is -0.382 e. The molecule has 1 fully saturated rings. The Balaban J connectivity index is 2.07. The zero-order valence-corrected chi connectivity index (χ0v) is 14.6. The van der Waals surface area contributed by atoms with E-state index in [1.165, 1.54) is 25.9 Å². The summed E-state index contributed by atoms with van der Waals surface area (Å²) in [7, 11) is 3.51. The summed E-state index contributed by atoms with van der Waals surface area (Å²) < 4.78 is 10.4. The molecule has 0 bridgehead atoms. The summed E-state index contributed by atoms with van der Waals surface area (Å²) in [6.45, 7) is 9.81. The Hall–Kier alpha value is -0.850. The largest absolute Gasteiger partial charge is 0.382 e. The molecule has 1 aliphatic rings. The lowest BCUT2D eigenvalue weighted by molar-refractivity contribution is 0.0698. The number of hydrogen-bond acceptors (Lipinski definition) is 4. The normalized spacial score (nSPS) is 20.1. The van der Waals surface area contributed by atoms with E-state index >= 15 is 0 Å². The first-order valence-electron chi connectivity index (χ1n) is 8.53. The lowest BCUT2D eigenvalue weighted by Crippen LogP contribution is -2.44. The van der Waals surface area contributed by atoms with Crippen molar-refractivity contribution < 1.29 is 9.47 Å². The van der Waals surface area contributed by atoms with Gasteiger partial charge in [0, 0.05) is 40.4 Å². The SMILES string of the molecule is CCN1CCCC(CNC(=NC)NCCCOCCOC)C1. The average Bonchev–Trinajstić information content (AvgIpc) is 2.57. The molecule has 22 heavy (non-hydrogen) atoms. The summed E-state index contributed by atoms with van der Waals surface area (Å²) >= 11 is 0. The van der Waals surface area contributed by atoms with E-state index in [0.717, 1.165) is 44.5 Å². The molecule has 1 aliphatic heterocycles. The van der Waals surface area contributed by atoms with Crippen molar-refractivity contribution in [3.63, 3.8) is 0 Å². The van der Waals surface area contributed by atoms with Gasteiger partial charge < -0.3 is 25.0 Å². The molecule has 1 atom stereocenters. The molecule has 2 N–H and O–H groups in total. The number of methoxy groups -OCH3 is 1. The van der Waals surface area contributed by atoms with E-state index in [1.807, 2.05) is 7.05 Å². The maximum atomic E-state index is 5.44. The molecule has 0 spiro atoms. The van der Waals surface area contributed by atoms with Gasteiger partial charge in [0.1, 0.15) is 0 Å². The minimum absolute atomic E-state index is 0.660. The van der Waals surface area contributed by atoms with Crippen molar-refractivity contribution in [2.75, 3.05) is 66.7 Å². The fourth-order valence-corrected chi connectivity index (χ4v) is 2.69. The van der Waals surface area contributed by atoms with Gasteiger partial charge >= 0.3 is 0 Å². The third kappa shape index (κ3) is 8.56. The monoisotopic (exact) mass is 314 g/mol. The van der Waals surface area contributed by atoms with E-state index in [9.17, 15) is 0 Å². The van der Waals surface area contributed by atoms with Gasteiger partial charge in [0.15, 0.2) is 5.96 Å². The van der Waals surface area contributed by atoms with Crippen LogP contribution in [0.1, 0.15) is 26.2 Å². The highest BCUT2D eigenvalue weighted by Gasteiger charge is 2.18. The van der Waals surface area contributed by atoms with Gasteiger partial charge in [-0.3, -0.25) is 4.99 Å². The van der Waals surface area contributed by atoms with Crippen molar-refractivity contribution in [3.05, 3.63) is 0 Å². The minimum atomic E-state index is 0.660. The van der Waals surface area contributed by atoms with E-state index in [4.69, 9.17) is 9.47 Å². The molecule has 1 rings (SSSR count). The zero-order chi connectivity index (χ0) is 16.0. The molecular weight excluding hydrogens is 280 g/mol. The summed E-state index contributed by atoms with van der Waals surface area (Å²) in [6, 6.07) is 0. The number of aliphatic imine (C=N–C) groups is 1. The number of guanidine groups is 1. The molecule has 1 heterocycles. The van der Waals surface area contributed by atoms with Crippen LogP contribution in [0.5, 0.6) is 0 Å². The van der Waals surface area contributed by atoms with Crippen molar-refractivity contribution in [2.24, 2.45) is 10.9 Å². The molecule has 1 saturated heterocycles. The highest BCUT2D eigenvalue weighted by Crippen LogP contribution is 2.14. The quantitative estimate of drug-likeness (QED) is 0.357. The molecule has 0 aromatic rings. The summed E-state index contributed by atoms with van der Waals surface area (Å²) in [5, 5.41) is 6.79. The van der Waals surface area contributed by atoms with Gasteiger partial charge in [-0.15, -0.1) is 0 Å². The van der Waals surface area contributed by atoms with Crippen LogP contribution >= 0.6 is 0 Å². The summed E-state index contributed by atoms with van der Waals surface area (Å²) in [5.74, 6) is 1.62. The maximum Gasteiger partial charge on any atom is 0.190 e. The maximum absolute atomic E-state index is 5.44. The summed E-state index contributed by atoms with van der Waals surface area (Å²) in [6.07, 6.45) is 3.59. The van der Waals surface area contributed by atoms with Crippen molar-refractivity contribution in [3.8, 4) is 0 Å². The molecule has 0 amide bonds. The Morgan fingerprint density at radius 2 is 2.14 bits per heavy atom. The van der Waals surface area contributed by atoms with Crippen LogP contribution in [-0.4, -0.2) is 77.6 Å². The Bertz CT molecular complexity index is 300. The predicted octanol–water partition coefficient (Wildman–Crippen LogP) is 0.936. The van der Waals surface area contributed by atoms with Crippen LogP contribution in [0.2, 0.25) is 0 Å². The summed E-state index contributed by atoms with van der Waals surface area (Å²) in [5.41, 5.74) is 0. The van der Waals surface area contributed by atoms with Crippen molar-refractivity contribution in [2.45, 2.75) is 26.2 Å². The first-order chi connectivity index (χ1) is 10.8. The van der Waals surface area contributed by atoms with E-state index in [2.05, 4.69) is 27.4 Å². The lowest BCUT2D eigenvalue weighted by Gasteiger charge is -2.32. The van der Waals surface area contributed by atoms with Crippen molar-refractivity contribution >= 4 is 5.96 Å². The standard InChI is InChI=1S/C16H34N4O2/c1-4-20-9-5-7-15(14-20)13-19-16(17-2)18-8-6-10-22-12-11-21-3/h15H,4-14H2,1-3H3,(H2,17,18,19). The Kier molecular flexibility index (Phi) is 11.1. The van der Waals surface area contributed by atoms with Gasteiger partial charge in [0.25, 0.3) is 0 Å². The third-order valence-electron chi connectivity index (χ3n) is 4.02. The number of hydrogen-bond donors (Lipinski definition) is 2. The van der Waals surface area contributed by atoms with E-state index in [-0.39, 0.29) is 0 Å². The molecule has 0 aromatic carbocycles. The average molecular weight is 314 g/mol. The predicted molar refractivity (Wildman–Crippen MR) is 91.5 cm³/mol. The molecule has 130 valence electrons.